The number of rotatable bonds is 6. The third-order valence-electron chi connectivity index (χ3n) is 8.90. The van der Waals surface area contributed by atoms with Crippen molar-refractivity contribution in [2.24, 2.45) is 11.3 Å². The number of carbonyl (C=O) groups excluding carboxylic acids is 2. The number of alkyl halides is 3. The summed E-state index contributed by atoms with van der Waals surface area (Å²) in [6, 6.07) is 0. The molecule has 2 saturated heterocycles. The molecule has 0 aromatic carbocycles. The topological polar surface area (TPSA) is 89.6 Å². The summed E-state index contributed by atoms with van der Waals surface area (Å²) in [5.74, 6) is -1.02. The minimum absolute atomic E-state index is 0.102. The second-order valence-corrected chi connectivity index (χ2v) is 12.0. The first-order valence-corrected chi connectivity index (χ1v) is 14.0. The Labute approximate surface area is 225 Å². The highest BCUT2D eigenvalue weighted by Crippen LogP contribution is 2.49. The van der Waals surface area contributed by atoms with Gasteiger partial charge in [0.25, 0.3) is 5.91 Å². The Hall–Kier alpha value is -2.82. The van der Waals surface area contributed by atoms with Gasteiger partial charge in [-0.05, 0) is 50.4 Å². The molecule has 2 aliphatic carbocycles. The second kappa shape index (κ2) is 9.67. The minimum Gasteiger partial charge on any atom is -0.455 e. The number of nitrogens with zero attached hydrogens (tertiary/aromatic N) is 3. The van der Waals surface area contributed by atoms with Crippen LogP contribution < -0.4 is 5.32 Å². The van der Waals surface area contributed by atoms with Crippen LogP contribution in [0.15, 0.2) is 10.6 Å². The summed E-state index contributed by atoms with van der Waals surface area (Å²) in [5, 5.41) is 7.19. The lowest BCUT2D eigenvalue weighted by molar-refractivity contribution is -0.138. The molecular weight excluding hydrogens is 513 g/mol. The Kier molecular flexibility index (Phi) is 6.55. The fourth-order valence-electron chi connectivity index (χ4n) is 6.23. The van der Waals surface area contributed by atoms with Crippen LogP contribution in [0.2, 0.25) is 0 Å². The van der Waals surface area contributed by atoms with Gasteiger partial charge in [0.15, 0.2) is 0 Å². The number of aromatic nitrogens is 2. The van der Waals surface area contributed by atoms with Gasteiger partial charge in [0, 0.05) is 56.4 Å². The van der Waals surface area contributed by atoms with Crippen LogP contribution in [0.5, 0.6) is 0 Å². The number of furan rings is 1. The van der Waals surface area contributed by atoms with Crippen molar-refractivity contribution in [2.45, 2.75) is 83.5 Å². The molecule has 2 aliphatic heterocycles. The van der Waals surface area contributed by atoms with E-state index in [9.17, 15) is 22.8 Å². The number of ether oxygens (including phenoxy) is 1. The number of fused-ring (bicyclic) bond motifs is 3. The first kappa shape index (κ1) is 26.4. The lowest BCUT2D eigenvalue weighted by atomic mass is 9.86. The molecule has 4 aliphatic rings. The van der Waals surface area contributed by atoms with Crippen molar-refractivity contribution in [3.05, 3.63) is 28.8 Å². The van der Waals surface area contributed by atoms with Gasteiger partial charge >= 0.3 is 6.18 Å². The number of hydrogen-bond donors (Lipinski definition) is 1. The summed E-state index contributed by atoms with van der Waals surface area (Å²) in [6.07, 6.45) is 2.32. The van der Waals surface area contributed by atoms with Crippen LogP contribution in [-0.2, 0) is 28.7 Å². The van der Waals surface area contributed by atoms with E-state index in [0.29, 0.717) is 26.2 Å². The van der Waals surface area contributed by atoms with E-state index in [-0.39, 0.29) is 59.2 Å². The zero-order valence-corrected chi connectivity index (χ0v) is 22.4. The SMILES string of the molecule is C[C@H]1Cc2oc(C(=O)NC[C@@H]3CCCO3)c(C(F)(F)F)c2-c2nn(CC3CCN(C(=O)C4(C)CC4)CC3)cc21. The highest BCUT2D eigenvalue weighted by atomic mass is 19.4. The maximum absolute atomic E-state index is 14.4. The molecule has 3 fully saturated rings. The number of carbonyl (C=O) groups is 2. The lowest BCUT2D eigenvalue weighted by Crippen LogP contribution is -2.42. The molecule has 212 valence electrons. The number of hydrogen-bond acceptors (Lipinski definition) is 5. The molecule has 1 saturated carbocycles. The molecule has 4 heterocycles. The smallest absolute Gasteiger partial charge is 0.420 e. The van der Waals surface area contributed by atoms with Gasteiger partial charge in [-0.25, -0.2) is 0 Å². The van der Waals surface area contributed by atoms with E-state index in [1.807, 2.05) is 24.9 Å². The van der Waals surface area contributed by atoms with Crippen LogP contribution in [0.25, 0.3) is 11.3 Å². The standard InChI is InChI=1S/C28H35F3N4O4/c1-16-12-20-21(22(28(29,30)31)24(39-20)25(36)32-13-18-4-3-11-38-18)23-19(16)15-35(33-23)14-17-5-9-34(10-6-17)26(37)27(2)7-8-27/h15-18H,3-14H2,1-2H3,(H,32,36)/t16-,18-/m0/s1. The van der Waals surface area contributed by atoms with E-state index in [1.54, 1.807) is 4.68 Å². The van der Waals surface area contributed by atoms with Crippen LogP contribution >= 0.6 is 0 Å². The molecule has 39 heavy (non-hydrogen) atoms. The summed E-state index contributed by atoms with van der Waals surface area (Å²) in [6.45, 7) is 6.65. The van der Waals surface area contributed by atoms with Crippen LogP contribution in [0.3, 0.4) is 0 Å². The first-order valence-electron chi connectivity index (χ1n) is 14.0. The van der Waals surface area contributed by atoms with Crippen molar-refractivity contribution < 1.29 is 31.9 Å². The molecule has 6 rings (SSSR count). The molecule has 2 amide bonds. The summed E-state index contributed by atoms with van der Waals surface area (Å²) in [7, 11) is 0. The summed E-state index contributed by atoms with van der Waals surface area (Å²) < 4.78 is 56.1. The van der Waals surface area contributed by atoms with E-state index in [4.69, 9.17) is 9.15 Å². The summed E-state index contributed by atoms with van der Waals surface area (Å²) in [5.41, 5.74) is -0.375. The predicted molar refractivity (Wildman–Crippen MR) is 135 cm³/mol. The minimum atomic E-state index is -4.78. The van der Waals surface area contributed by atoms with Crippen molar-refractivity contribution in [3.8, 4) is 11.3 Å². The second-order valence-electron chi connectivity index (χ2n) is 12.0. The zero-order valence-electron chi connectivity index (χ0n) is 22.4. The molecular formula is C28H35F3N4O4. The molecule has 11 heteroatoms. The van der Waals surface area contributed by atoms with Crippen LogP contribution in [-0.4, -0.2) is 58.8 Å². The van der Waals surface area contributed by atoms with E-state index < -0.39 is 23.4 Å². The summed E-state index contributed by atoms with van der Waals surface area (Å²) >= 11 is 0. The van der Waals surface area contributed by atoms with Crippen LogP contribution in [0.4, 0.5) is 13.2 Å². The van der Waals surface area contributed by atoms with Crippen molar-refractivity contribution in [3.63, 3.8) is 0 Å². The first-order chi connectivity index (χ1) is 18.5. The molecule has 8 nitrogen and oxygen atoms in total. The Morgan fingerprint density at radius 1 is 1.21 bits per heavy atom. The molecule has 0 radical (unpaired) electrons. The largest absolute Gasteiger partial charge is 0.455 e. The lowest BCUT2D eigenvalue weighted by Gasteiger charge is -2.33. The molecule has 0 spiro atoms. The van der Waals surface area contributed by atoms with Gasteiger partial charge in [-0.1, -0.05) is 13.8 Å². The van der Waals surface area contributed by atoms with Gasteiger partial charge in [-0.3, -0.25) is 14.3 Å². The van der Waals surface area contributed by atoms with Crippen molar-refractivity contribution in [2.75, 3.05) is 26.2 Å². The normalized spacial score (nSPS) is 24.4. The van der Waals surface area contributed by atoms with Crippen LogP contribution in [0.1, 0.15) is 85.7 Å². The monoisotopic (exact) mass is 548 g/mol. The van der Waals surface area contributed by atoms with Crippen molar-refractivity contribution in [1.29, 1.82) is 0 Å². The van der Waals surface area contributed by atoms with Gasteiger partial charge in [0.05, 0.1) is 17.4 Å². The molecule has 1 N–H and O–H groups in total. The van der Waals surface area contributed by atoms with E-state index in [0.717, 1.165) is 44.1 Å². The highest BCUT2D eigenvalue weighted by molar-refractivity contribution is 5.96. The van der Waals surface area contributed by atoms with Gasteiger partial charge in [-0.2, -0.15) is 18.3 Å². The average molecular weight is 549 g/mol. The fourth-order valence-corrected chi connectivity index (χ4v) is 6.23. The number of nitrogens with one attached hydrogen (secondary N) is 1. The third kappa shape index (κ3) is 4.98. The third-order valence-corrected chi connectivity index (χ3v) is 8.90. The van der Waals surface area contributed by atoms with Crippen molar-refractivity contribution in [1.82, 2.24) is 20.0 Å². The number of amides is 2. The number of likely N-dealkylation sites (tertiary alicyclic amines) is 1. The Morgan fingerprint density at radius 2 is 1.95 bits per heavy atom. The number of piperidine rings is 1. The van der Waals surface area contributed by atoms with E-state index in [1.165, 1.54) is 0 Å². The fraction of sp³-hybridized carbons (Fsp3) is 0.679. The van der Waals surface area contributed by atoms with E-state index in [2.05, 4.69) is 10.4 Å². The predicted octanol–water partition coefficient (Wildman–Crippen LogP) is 4.77. The van der Waals surface area contributed by atoms with Gasteiger partial charge < -0.3 is 19.4 Å². The van der Waals surface area contributed by atoms with Gasteiger partial charge in [0.2, 0.25) is 11.7 Å². The highest BCUT2D eigenvalue weighted by Gasteiger charge is 2.48. The Bertz CT molecular complexity index is 1260. The number of halogens is 3. The average Bonchev–Trinajstić information content (AvgIpc) is 3.28. The molecule has 0 bridgehead atoms. The quantitative estimate of drug-likeness (QED) is 0.562. The zero-order chi connectivity index (χ0) is 27.5. The van der Waals surface area contributed by atoms with E-state index >= 15 is 0 Å². The van der Waals surface area contributed by atoms with Gasteiger partial charge in [-0.15, -0.1) is 0 Å². The van der Waals surface area contributed by atoms with Gasteiger partial charge in [0.1, 0.15) is 11.3 Å². The Morgan fingerprint density at radius 3 is 2.59 bits per heavy atom. The molecule has 2 atom stereocenters. The molecule has 2 aromatic rings. The Balaban J connectivity index is 1.22. The molecule has 2 aromatic heterocycles. The molecule has 0 unspecified atom stereocenters. The van der Waals surface area contributed by atoms with Crippen LogP contribution in [0, 0.1) is 11.3 Å². The van der Waals surface area contributed by atoms with Crippen molar-refractivity contribution >= 4 is 11.8 Å². The maximum Gasteiger partial charge on any atom is 0.420 e. The maximum atomic E-state index is 14.4. The summed E-state index contributed by atoms with van der Waals surface area (Å²) in [4.78, 5) is 27.5.